The largest absolute Gasteiger partial charge is 0.303 e. The van der Waals surface area contributed by atoms with Crippen LogP contribution in [0.4, 0.5) is 0 Å². The highest BCUT2D eigenvalue weighted by atomic mass is 32.2. The van der Waals surface area contributed by atoms with E-state index in [-0.39, 0.29) is 23.9 Å². The molecule has 0 aromatic heterocycles. The number of amides is 2. The molecule has 1 aliphatic carbocycles. The number of hydrogen-bond acceptors (Lipinski definition) is 4. The van der Waals surface area contributed by atoms with Gasteiger partial charge < -0.3 is 5.32 Å². The lowest BCUT2D eigenvalue weighted by atomic mass is 10.2. The van der Waals surface area contributed by atoms with Crippen molar-refractivity contribution in [2.24, 2.45) is 0 Å². The second-order valence-electron chi connectivity index (χ2n) is 5.49. The normalized spacial score (nSPS) is 32.9. The van der Waals surface area contributed by atoms with Gasteiger partial charge in [0.1, 0.15) is 0 Å². The van der Waals surface area contributed by atoms with Crippen LogP contribution in [0.2, 0.25) is 0 Å². The average Bonchev–Trinajstić information content (AvgIpc) is 2.85. The number of imide groups is 1. The van der Waals surface area contributed by atoms with Crippen molar-refractivity contribution >= 4 is 23.6 Å². The van der Waals surface area contributed by atoms with Crippen LogP contribution in [0.3, 0.4) is 0 Å². The van der Waals surface area contributed by atoms with Gasteiger partial charge in [-0.2, -0.15) is 11.8 Å². The van der Waals surface area contributed by atoms with E-state index in [9.17, 15) is 9.59 Å². The molecule has 4 nitrogen and oxygen atoms in total. The molecule has 2 aliphatic rings. The molecular formula is C13H22N2O2S. The Balaban J connectivity index is 1.92. The number of likely N-dealkylation sites (tertiary alicyclic amines) is 1. The van der Waals surface area contributed by atoms with Crippen LogP contribution in [0.1, 0.15) is 39.5 Å². The van der Waals surface area contributed by atoms with Crippen molar-refractivity contribution in [3.05, 3.63) is 0 Å². The number of carbonyl (C=O) groups excluding carboxylic acids is 2. The summed E-state index contributed by atoms with van der Waals surface area (Å²) in [5.41, 5.74) is 0. The van der Waals surface area contributed by atoms with Crippen LogP contribution in [0, 0.1) is 0 Å². The van der Waals surface area contributed by atoms with Crippen molar-refractivity contribution in [3.8, 4) is 0 Å². The third-order valence-electron chi connectivity index (χ3n) is 3.85. The second kappa shape index (κ2) is 5.61. The van der Waals surface area contributed by atoms with Crippen molar-refractivity contribution < 1.29 is 9.59 Å². The molecule has 1 aliphatic heterocycles. The number of carbonyl (C=O) groups is 2. The molecule has 18 heavy (non-hydrogen) atoms. The van der Waals surface area contributed by atoms with Gasteiger partial charge in [0, 0.05) is 17.3 Å². The molecule has 1 N–H and O–H groups in total. The van der Waals surface area contributed by atoms with E-state index in [0.29, 0.717) is 17.7 Å². The van der Waals surface area contributed by atoms with Crippen LogP contribution in [0.5, 0.6) is 0 Å². The van der Waals surface area contributed by atoms with Crippen LogP contribution in [-0.4, -0.2) is 46.3 Å². The lowest BCUT2D eigenvalue weighted by molar-refractivity contribution is -0.140. The van der Waals surface area contributed by atoms with Gasteiger partial charge in [0.05, 0.1) is 12.5 Å². The zero-order valence-electron chi connectivity index (χ0n) is 11.3. The maximum atomic E-state index is 12.1. The van der Waals surface area contributed by atoms with Gasteiger partial charge in [0.15, 0.2) is 0 Å². The third-order valence-corrected chi connectivity index (χ3v) is 4.95. The van der Waals surface area contributed by atoms with E-state index in [1.54, 1.807) is 0 Å². The monoisotopic (exact) mass is 270 g/mol. The fourth-order valence-electron chi connectivity index (χ4n) is 2.91. The Morgan fingerprint density at radius 2 is 2.06 bits per heavy atom. The molecule has 3 unspecified atom stereocenters. The van der Waals surface area contributed by atoms with Crippen molar-refractivity contribution in [3.63, 3.8) is 0 Å². The van der Waals surface area contributed by atoms with Gasteiger partial charge in [-0.3, -0.25) is 14.5 Å². The Kier molecular flexibility index (Phi) is 4.33. The van der Waals surface area contributed by atoms with E-state index in [1.165, 1.54) is 11.3 Å². The molecule has 0 radical (unpaired) electrons. The summed E-state index contributed by atoms with van der Waals surface area (Å²) >= 11 is 1.90. The maximum Gasteiger partial charge on any atom is 0.247 e. The molecule has 2 rings (SSSR count). The maximum absolute atomic E-state index is 12.1. The SMILES string of the molecule is CSC1CCC(NC2CC(=O)N(C(C)C)C2=O)C1. The summed E-state index contributed by atoms with van der Waals surface area (Å²) in [6.07, 6.45) is 5.91. The minimum atomic E-state index is -0.287. The van der Waals surface area contributed by atoms with E-state index in [4.69, 9.17) is 0 Å². The lowest BCUT2D eigenvalue weighted by Crippen LogP contribution is -2.44. The Morgan fingerprint density at radius 3 is 2.56 bits per heavy atom. The van der Waals surface area contributed by atoms with Crippen molar-refractivity contribution in [1.82, 2.24) is 10.2 Å². The van der Waals surface area contributed by atoms with Crippen LogP contribution >= 0.6 is 11.8 Å². The van der Waals surface area contributed by atoms with Gasteiger partial charge in [-0.1, -0.05) is 0 Å². The average molecular weight is 270 g/mol. The molecule has 1 saturated heterocycles. The zero-order chi connectivity index (χ0) is 13.3. The fraction of sp³-hybridized carbons (Fsp3) is 0.846. The highest BCUT2D eigenvalue weighted by Gasteiger charge is 2.41. The molecule has 1 saturated carbocycles. The smallest absolute Gasteiger partial charge is 0.247 e. The van der Waals surface area contributed by atoms with Crippen LogP contribution < -0.4 is 5.32 Å². The van der Waals surface area contributed by atoms with Crippen LogP contribution in [-0.2, 0) is 9.59 Å². The van der Waals surface area contributed by atoms with Crippen LogP contribution in [0.25, 0.3) is 0 Å². The standard InChI is InChI=1S/C13H22N2O2S/c1-8(2)15-12(16)7-11(13(15)17)14-9-4-5-10(6-9)18-3/h8-11,14H,4-7H2,1-3H3. The van der Waals surface area contributed by atoms with Gasteiger partial charge in [-0.25, -0.2) is 0 Å². The van der Waals surface area contributed by atoms with E-state index in [1.807, 2.05) is 25.6 Å². The molecule has 2 amide bonds. The van der Waals surface area contributed by atoms with Crippen LogP contribution in [0.15, 0.2) is 0 Å². The summed E-state index contributed by atoms with van der Waals surface area (Å²) in [6, 6.07) is 0.0844. The van der Waals surface area contributed by atoms with E-state index in [2.05, 4.69) is 11.6 Å². The molecule has 102 valence electrons. The quantitative estimate of drug-likeness (QED) is 0.785. The fourth-order valence-corrected chi connectivity index (χ4v) is 3.71. The molecule has 2 fully saturated rings. The Morgan fingerprint density at radius 1 is 1.33 bits per heavy atom. The highest BCUT2D eigenvalue weighted by molar-refractivity contribution is 7.99. The predicted octanol–water partition coefficient (Wildman–Crippen LogP) is 1.40. The van der Waals surface area contributed by atoms with Gasteiger partial charge in [0.2, 0.25) is 11.8 Å². The summed E-state index contributed by atoms with van der Waals surface area (Å²) in [6.45, 7) is 3.77. The zero-order valence-corrected chi connectivity index (χ0v) is 12.1. The van der Waals surface area contributed by atoms with E-state index < -0.39 is 0 Å². The number of hydrogen-bond donors (Lipinski definition) is 1. The minimum Gasteiger partial charge on any atom is -0.303 e. The van der Waals surface area contributed by atoms with Crippen molar-refractivity contribution in [2.45, 2.75) is 62.9 Å². The van der Waals surface area contributed by atoms with Gasteiger partial charge in [0.25, 0.3) is 0 Å². The first kappa shape index (κ1) is 13.9. The highest BCUT2D eigenvalue weighted by Crippen LogP contribution is 2.29. The van der Waals surface area contributed by atoms with Gasteiger partial charge in [-0.05, 0) is 39.4 Å². The third kappa shape index (κ3) is 2.72. The number of thioether (sulfide) groups is 1. The first-order valence-corrected chi connectivity index (χ1v) is 7.96. The van der Waals surface area contributed by atoms with E-state index in [0.717, 1.165) is 12.8 Å². The summed E-state index contributed by atoms with van der Waals surface area (Å²) in [5, 5.41) is 4.09. The summed E-state index contributed by atoms with van der Waals surface area (Å²) < 4.78 is 0. The molecule has 0 aromatic rings. The Bertz CT molecular complexity index is 346. The van der Waals surface area contributed by atoms with E-state index >= 15 is 0 Å². The molecule has 0 spiro atoms. The molecule has 1 heterocycles. The topological polar surface area (TPSA) is 49.4 Å². The number of nitrogens with zero attached hydrogens (tertiary/aromatic N) is 1. The van der Waals surface area contributed by atoms with Gasteiger partial charge >= 0.3 is 0 Å². The first-order chi connectivity index (χ1) is 8.52. The molecule has 0 aromatic carbocycles. The molecule has 3 atom stereocenters. The number of rotatable bonds is 4. The summed E-state index contributed by atoms with van der Waals surface area (Å²) in [7, 11) is 0. The van der Waals surface area contributed by atoms with Crippen molar-refractivity contribution in [2.75, 3.05) is 6.26 Å². The van der Waals surface area contributed by atoms with Gasteiger partial charge in [-0.15, -0.1) is 0 Å². The molecular weight excluding hydrogens is 248 g/mol. The molecule has 0 bridgehead atoms. The Labute approximate surface area is 113 Å². The molecule has 5 heteroatoms. The Hall–Kier alpha value is -0.550. The first-order valence-electron chi connectivity index (χ1n) is 6.67. The predicted molar refractivity (Wildman–Crippen MR) is 73.5 cm³/mol. The second-order valence-corrected chi connectivity index (χ2v) is 6.62. The minimum absolute atomic E-state index is 0.0284. The van der Waals surface area contributed by atoms with Crippen molar-refractivity contribution in [1.29, 1.82) is 0 Å². The summed E-state index contributed by atoms with van der Waals surface area (Å²) in [4.78, 5) is 25.3. The lowest BCUT2D eigenvalue weighted by Gasteiger charge is -2.21. The summed E-state index contributed by atoms with van der Waals surface area (Å²) in [5.74, 6) is -0.0745. The number of nitrogens with one attached hydrogen (secondary N) is 1.